The first kappa shape index (κ1) is 13.4. The van der Waals surface area contributed by atoms with Crippen molar-refractivity contribution in [3.05, 3.63) is 33.3 Å². The second-order valence-corrected chi connectivity index (χ2v) is 6.10. The van der Waals surface area contributed by atoms with Crippen LogP contribution < -0.4 is 5.32 Å². The van der Waals surface area contributed by atoms with Crippen LogP contribution in [0.1, 0.15) is 37.7 Å². The van der Waals surface area contributed by atoms with Crippen LogP contribution in [0.3, 0.4) is 0 Å². The summed E-state index contributed by atoms with van der Waals surface area (Å²) in [5.74, 6) is 0. The number of aryl methyl sites for hydroxylation is 1. The fourth-order valence-corrected chi connectivity index (χ4v) is 3.17. The van der Waals surface area contributed by atoms with Gasteiger partial charge >= 0.3 is 0 Å². The van der Waals surface area contributed by atoms with E-state index in [0.717, 1.165) is 15.9 Å². The Bertz CT molecular complexity index is 359. The van der Waals surface area contributed by atoms with Gasteiger partial charge in [-0.05, 0) is 49.9 Å². The molecule has 1 heterocycles. The van der Waals surface area contributed by atoms with Crippen LogP contribution in [0.5, 0.6) is 0 Å². The Labute approximate surface area is 117 Å². The Morgan fingerprint density at radius 2 is 2.18 bits per heavy atom. The van der Waals surface area contributed by atoms with Gasteiger partial charge in [-0.2, -0.15) is 0 Å². The number of rotatable bonds is 3. The monoisotopic (exact) mass is 315 g/mol. The molecule has 1 aliphatic heterocycles. The summed E-state index contributed by atoms with van der Waals surface area (Å²) in [6.45, 7) is 1.18. The highest BCUT2D eigenvalue weighted by Crippen LogP contribution is 2.23. The van der Waals surface area contributed by atoms with E-state index in [-0.39, 0.29) is 0 Å². The summed E-state index contributed by atoms with van der Waals surface area (Å²) in [5, 5.41) is 4.51. The van der Waals surface area contributed by atoms with Gasteiger partial charge in [-0.1, -0.05) is 46.4 Å². The van der Waals surface area contributed by atoms with Gasteiger partial charge in [0.05, 0.1) is 0 Å². The lowest BCUT2D eigenvalue weighted by atomic mass is 10.0. The van der Waals surface area contributed by atoms with Crippen molar-refractivity contribution in [3.63, 3.8) is 0 Å². The average molecular weight is 317 g/mol. The number of benzene rings is 1. The van der Waals surface area contributed by atoms with Crippen LogP contribution in [-0.2, 0) is 6.42 Å². The zero-order chi connectivity index (χ0) is 12.1. The molecule has 94 valence electrons. The maximum absolute atomic E-state index is 6.23. The van der Waals surface area contributed by atoms with Crippen molar-refractivity contribution in [1.29, 1.82) is 0 Å². The molecule has 0 spiro atoms. The normalized spacial score (nSPS) is 21.2. The van der Waals surface area contributed by atoms with Crippen LogP contribution in [0.2, 0.25) is 5.02 Å². The van der Waals surface area contributed by atoms with E-state index in [1.54, 1.807) is 0 Å². The Balaban J connectivity index is 1.88. The molecule has 0 radical (unpaired) electrons. The summed E-state index contributed by atoms with van der Waals surface area (Å²) in [7, 11) is 0. The van der Waals surface area contributed by atoms with Crippen LogP contribution in [-0.4, -0.2) is 12.6 Å². The third-order valence-corrected chi connectivity index (χ3v) is 4.28. The third-order valence-electron chi connectivity index (χ3n) is 3.44. The Morgan fingerprint density at radius 3 is 3.00 bits per heavy atom. The summed E-state index contributed by atoms with van der Waals surface area (Å²) in [4.78, 5) is 0. The second-order valence-electron chi connectivity index (χ2n) is 4.77. The summed E-state index contributed by atoms with van der Waals surface area (Å²) in [5.41, 5.74) is 1.26. The van der Waals surface area contributed by atoms with Crippen molar-refractivity contribution in [2.45, 2.75) is 44.6 Å². The molecular weight excluding hydrogens is 298 g/mol. The van der Waals surface area contributed by atoms with E-state index in [9.17, 15) is 0 Å². The van der Waals surface area contributed by atoms with Crippen molar-refractivity contribution < 1.29 is 0 Å². The Morgan fingerprint density at radius 1 is 1.29 bits per heavy atom. The quantitative estimate of drug-likeness (QED) is 0.861. The minimum atomic E-state index is 0.678. The first-order valence-corrected chi connectivity index (χ1v) is 7.60. The zero-order valence-electron chi connectivity index (χ0n) is 10.0. The standard InChI is InChI=1S/C14H19BrClN/c15-12-7-5-11(14(16)10-12)6-8-13-4-2-1-3-9-17-13/h5,7,10,13,17H,1-4,6,8-9H2. The van der Waals surface area contributed by atoms with Gasteiger partial charge in [0.25, 0.3) is 0 Å². The van der Waals surface area contributed by atoms with Gasteiger partial charge < -0.3 is 5.32 Å². The highest BCUT2D eigenvalue weighted by Gasteiger charge is 2.12. The summed E-state index contributed by atoms with van der Waals surface area (Å²) >= 11 is 9.67. The molecule has 1 nitrogen and oxygen atoms in total. The summed E-state index contributed by atoms with van der Waals surface area (Å²) < 4.78 is 1.05. The first-order chi connectivity index (χ1) is 8.25. The molecule has 3 heteroatoms. The minimum Gasteiger partial charge on any atom is -0.314 e. The zero-order valence-corrected chi connectivity index (χ0v) is 12.4. The van der Waals surface area contributed by atoms with E-state index >= 15 is 0 Å². The molecule has 1 atom stereocenters. The van der Waals surface area contributed by atoms with Crippen LogP contribution in [0, 0.1) is 0 Å². The smallest absolute Gasteiger partial charge is 0.0449 e. The summed E-state index contributed by atoms with van der Waals surface area (Å²) in [6.07, 6.45) is 7.66. The largest absolute Gasteiger partial charge is 0.314 e. The fourth-order valence-electron chi connectivity index (χ4n) is 2.40. The van der Waals surface area contributed by atoms with Crippen LogP contribution in [0.15, 0.2) is 22.7 Å². The second kappa shape index (κ2) is 6.77. The van der Waals surface area contributed by atoms with Gasteiger partial charge in [0, 0.05) is 15.5 Å². The SMILES string of the molecule is Clc1cc(Br)ccc1CCC1CCCCCN1. The fraction of sp³-hybridized carbons (Fsp3) is 0.571. The Kier molecular flexibility index (Phi) is 5.33. The number of halogens is 2. The van der Waals surface area contributed by atoms with Crippen molar-refractivity contribution in [1.82, 2.24) is 5.32 Å². The van der Waals surface area contributed by atoms with E-state index in [0.29, 0.717) is 6.04 Å². The predicted octanol–water partition coefficient (Wildman–Crippen LogP) is 4.57. The molecule has 1 N–H and O–H groups in total. The highest BCUT2D eigenvalue weighted by molar-refractivity contribution is 9.10. The van der Waals surface area contributed by atoms with Crippen LogP contribution in [0.4, 0.5) is 0 Å². The lowest BCUT2D eigenvalue weighted by Gasteiger charge is -2.16. The lowest BCUT2D eigenvalue weighted by molar-refractivity contribution is 0.478. The van der Waals surface area contributed by atoms with Crippen LogP contribution >= 0.6 is 27.5 Å². The Hall–Kier alpha value is -0.0500. The van der Waals surface area contributed by atoms with Gasteiger partial charge in [0.2, 0.25) is 0 Å². The topological polar surface area (TPSA) is 12.0 Å². The molecule has 0 aliphatic carbocycles. The third kappa shape index (κ3) is 4.27. The van der Waals surface area contributed by atoms with Gasteiger partial charge in [0.1, 0.15) is 0 Å². The van der Waals surface area contributed by atoms with E-state index in [2.05, 4.69) is 33.4 Å². The molecule has 1 aliphatic rings. The van der Waals surface area contributed by atoms with Gasteiger partial charge in [-0.3, -0.25) is 0 Å². The van der Waals surface area contributed by atoms with Crippen molar-refractivity contribution in [2.75, 3.05) is 6.54 Å². The highest BCUT2D eigenvalue weighted by atomic mass is 79.9. The summed E-state index contributed by atoms with van der Waals surface area (Å²) in [6, 6.07) is 6.86. The molecule has 2 rings (SSSR count). The van der Waals surface area contributed by atoms with E-state index in [4.69, 9.17) is 11.6 Å². The van der Waals surface area contributed by atoms with Crippen LogP contribution in [0.25, 0.3) is 0 Å². The molecule has 17 heavy (non-hydrogen) atoms. The molecule has 1 unspecified atom stereocenters. The molecule has 1 saturated heterocycles. The van der Waals surface area contributed by atoms with E-state index in [1.165, 1.54) is 44.2 Å². The molecule has 0 bridgehead atoms. The molecule has 0 amide bonds. The maximum Gasteiger partial charge on any atom is 0.0449 e. The average Bonchev–Trinajstić information content (AvgIpc) is 2.56. The molecular formula is C14H19BrClN. The minimum absolute atomic E-state index is 0.678. The van der Waals surface area contributed by atoms with Crippen molar-refractivity contribution >= 4 is 27.5 Å². The predicted molar refractivity (Wildman–Crippen MR) is 77.7 cm³/mol. The van der Waals surface area contributed by atoms with E-state index < -0.39 is 0 Å². The van der Waals surface area contributed by atoms with Gasteiger partial charge in [-0.25, -0.2) is 0 Å². The number of hydrogen-bond acceptors (Lipinski definition) is 1. The van der Waals surface area contributed by atoms with Gasteiger partial charge in [0.15, 0.2) is 0 Å². The lowest BCUT2D eigenvalue weighted by Crippen LogP contribution is -2.28. The van der Waals surface area contributed by atoms with E-state index in [1.807, 2.05) is 6.07 Å². The number of nitrogens with one attached hydrogen (secondary N) is 1. The molecule has 1 fully saturated rings. The first-order valence-electron chi connectivity index (χ1n) is 6.43. The molecule has 1 aromatic carbocycles. The van der Waals surface area contributed by atoms with Gasteiger partial charge in [-0.15, -0.1) is 0 Å². The number of hydrogen-bond donors (Lipinski definition) is 1. The van der Waals surface area contributed by atoms with Crippen molar-refractivity contribution in [3.8, 4) is 0 Å². The maximum atomic E-state index is 6.23. The molecule has 0 saturated carbocycles. The van der Waals surface area contributed by atoms with Crippen molar-refractivity contribution in [2.24, 2.45) is 0 Å². The molecule has 0 aromatic heterocycles. The molecule has 1 aromatic rings.